The van der Waals surface area contributed by atoms with Gasteiger partial charge in [-0.1, -0.05) is 18.6 Å². The summed E-state index contributed by atoms with van der Waals surface area (Å²) in [4.78, 5) is 12.3. The number of unbranched alkanes of at least 4 members (excludes halogenated alkanes) is 2. The van der Waals surface area contributed by atoms with Gasteiger partial charge in [-0.2, -0.15) is 0 Å². The van der Waals surface area contributed by atoms with Gasteiger partial charge in [0, 0.05) is 24.7 Å². The van der Waals surface area contributed by atoms with Crippen molar-refractivity contribution in [3.05, 3.63) is 47.5 Å². The Morgan fingerprint density at radius 1 is 1.00 bits per heavy atom. The number of aryl methyl sites for hydroxylation is 1. The number of hydrogen-bond donors (Lipinski definition) is 2. The minimum Gasteiger partial charge on any atom is -0.486 e. The number of ether oxygens (including phenoxy) is 2. The first-order chi connectivity index (χ1) is 14.4. The molecule has 30 heavy (non-hydrogen) atoms. The number of rotatable bonds is 9. The first kappa shape index (κ1) is 22.1. The zero-order chi connectivity index (χ0) is 21.6. The summed E-state index contributed by atoms with van der Waals surface area (Å²) in [6, 6.07) is 10.4. The maximum absolute atomic E-state index is 12.4. The third-order valence-corrected chi connectivity index (χ3v) is 6.53. The fourth-order valence-electron chi connectivity index (χ4n) is 3.17. The fraction of sp³-hybridized carbons (Fsp3) is 0.409. The maximum Gasteiger partial charge on any atom is 0.240 e. The van der Waals surface area contributed by atoms with Crippen molar-refractivity contribution >= 4 is 21.6 Å². The highest BCUT2D eigenvalue weighted by molar-refractivity contribution is 7.89. The molecule has 0 aromatic heterocycles. The summed E-state index contributed by atoms with van der Waals surface area (Å²) < 4.78 is 38.4. The Balaban J connectivity index is 1.38. The summed E-state index contributed by atoms with van der Waals surface area (Å²) in [5.74, 6) is 0.971. The summed E-state index contributed by atoms with van der Waals surface area (Å²) in [5.41, 5.74) is 3.05. The SMILES string of the molecule is Cc1cccc(NC(=O)CCCCCNS(=O)(=O)c2ccc3c(c2)OCCO3)c1C. The zero-order valence-corrected chi connectivity index (χ0v) is 18.2. The lowest BCUT2D eigenvalue weighted by Gasteiger charge is -2.18. The zero-order valence-electron chi connectivity index (χ0n) is 17.4. The van der Waals surface area contributed by atoms with Crippen molar-refractivity contribution < 1.29 is 22.7 Å². The van der Waals surface area contributed by atoms with Crippen LogP contribution >= 0.6 is 0 Å². The molecule has 0 bridgehead atoms. The van der Waals surface area contributed by atoms with Crippen LogP contribution in [-0.2, 0) is 14.8 Å². The summed E-state index contributed by atoms with van der Waals surface area (Å²) >= 11 is 0. The lowest BCUT2D eigenvalue weighted by Crippen LogP contribution is -2.25. The number of anilines is 1. The van der Waals surface area contributed by atoms with E-state index in [-0.39, 0.29) is 10.8 Å². The van der Waals surface area contributed by atoms with Gasteiger partial charge in [0.1, 0.15) is 13.2 Å². The molecule has 0 atom stereocenters. The Hall–Kier alpha value is -2.58. The van der Waals surface area contributed by atoms with Gasteiger partial charge in [0.25, 0.3) is 0 Å². The molecular formula is C22H28N2O5S. The van der Waals surface area contributed by atoms with Crippen molar-refractivity contribution in [3.63, 3.8) is 0 Å². The lowest BCUT2D eigenvalue weighted by atomic mass is 10.1. The molecule has 0 radical (unpaired) electrons. The van der Waals surface area contributed by atoms with Crippen molar-refractivity contribution in [1.82, 2.24) is 4.72 Å². The third-order valence-electron chi connectivity index (χ3n) is 5.08. The van der Waals surface area contributed by atoms with Gasteiger partial charge >= 0.3 is 0 Å². The number of benzene rings is 2. The molecule has 1 aliphatic heterocycles. The molecule has 0 spiro atoms. The number of fused-ring (bicyclic) bond motifs is 1. The van der Waals surface area contributed by atoms with E-state index in [1.165, 1.54) is 12.1 Å². The molecule has 2 aromatic rings. The Labute approximate surface area is 177 Å². The van der Waals surface area contributed by atoms with Crippen LogP contribution in [0.15, 0.2) is 41.3 Å². The van der Waals surface area contributed by atoms with Crippen LogP contribution < -0.4 is 19.5 Å². The van der Waals surface area contributed by atoms with Crippen molar-refractivity contribution in [2.24, 2.45) is 0 Å². The predicted octanol–water partition coefficient (Wildman–Crippen LogP) is 3.55. The van der Waals surface area contributed by atoms with Gasteiger partial charge in [-0.25, -0.2) is 13.1 Å². The highest BCUT2D eigenvalue weighted by Crippen LogP contribution is 2.32. The van der Waals surface area contributed by atoms with Gasteiger partial charge in [0.05, 0.1) is 4.90 Å². The third kappa shape index (κ3) is 5.73. The highest BCUT2D eigenvalue weighted by atomic mass is 32.2. The molecule has 1 amide bonds. The van der Waals surface area contributed by atoms with E-state index in [1.807, 2.05) is 32.0 Å². The van der Waals surface area contributed by atoms with E-state index < -0.39 is 10.0 Å². The molecule has 0 unspecified atom stereocenters. The first-order valence-corrected chi connectivity index (χ1v) is 11.6. The predicted molar refractivity (Wildman–Crippen MR) is 116 cm³/mol. The monoisotopic (exact) mass is 432 g/mol. The number of carbonyl (C=O) groups is 1. The first-order valence-electron chi connectivity index (χ1n) is 10.1. The second-order valence-corrected chi connectivity index (χ2v) is 9.08. The van der Waals surface area contributed by atoms with E-state index in [1.54, 1.807) is 6.07 Å². The molecule has 2 N–H and O–H groups in total. The van der Waals surface area contributed by atoms with E-state index in [2.05, 4.69) is 10.0 Å². The molecule has 0 fully saturated rings. The summed E-state index contributed by atoms with van der Waals surface area (Å²) in [6.07, 6.45) is 2.51. The van der Waals surface area contributed by atoms with Gasteiger partial charge in [-0.3, -0.25) is 4.79 Å². The molecule has 1 heterocycles. The number of sulfonamides is 1. The van der Waals surface area contributed by atoms with Crippen molar-refractivity contribution in [3.8, 4) is 11.5 Å². The van der Waals surface area contributed by atoms with E-state index in [0.29, 0.717) is 50.5 Å². The van der Waals surface area contributed by atoms with E-state index >= 15 is 0 Å². The van der Waals surface area contributed by atoms with Gasteiger partial charge in [0.15, 0.2) is 11.5 Å². The maximum atomic E-state index is 12.4. The molecule has 2 aromatic carbocycles. The van der Waals surface area contributed by atoms with Crippen LogP contribution in [0.3, 0.4) is 0 Å². The van der Waals surface area contributed by atoms with Crippen molar-refractivity contribution in [1.29, 1.82) is 0 Å². The topological polar surface area (TPSA) is 93.7 Å². The standard InChI is InChI=1S/C22H28N2O5S/c1-16-7-6-8-19(17(16)2)24-22(25)9-4-3-5-12-23-30(26,27)18-10-11-20-21(15-18)29-14-13-28-20/h6-8,10-11,15,23H,3-5,9,12-14H2,1-2H3,(H,24,25). The van der Waals surface area contributed by atoms with Gasteiger partial charge < -0.3 is 14.8 Å². The summed E-state index contributed by atoms with van der Waals surface area (Å²) in [6.45, 7) is 5.17. The fourth-order valence-corrected chi connectivity index (χ4v) is 4.26. The van der Waals surface area contributed by atoms with Gasteiger partial charge in [-0.15, -0.1) is 0 Å². The van der Waals surface area contributed by atoms with Crippen LogP contribution in [0, 0.1) is 13.8 Å². The van der Waals surface area contributed by atoms with Gasteiger partial charge in [-0.05, 0) is 56.0 Å². The summed E-state index contributed by atoms with van der Waals surface area (Å²) in [7, 11) is -3.61. The Kier molecular flexibility index (Phi) is 7.33. The Morgan fingerprint density at radius 2 is 1.77 bits per heavy atom. The van der Waals surface area contributed by atoms with Crippen molar-refractivity contribution in [2.45, 2.75) is 44.4 Å². The van der Waals surface area contributed by atoms with Crippen LogP contribution in [0.2, 0.25) is 0 Å². The van der Waals surface area contributed by atoms with E-state index in [4.69, 9.17) is 9.47 Å². The molecule has 0 saturated carbocycles. The highest BCUT2D eigenvalue weighted by Gasteiger charge is 2.18. The number of carbonyl (C=O) groups excluding carboxylic acids is 1. The Morgan fingerprint density at radius 3 is 2.57 bits per heavy atom. The van der Waals surface area contributed by atoms with Crippen LogP contribution in [0.5, 0.6) is 11.5 Å². The largest absolute Gasteiger partial charge is 0.486 e. The second kappa shape index (κ2) is 9.95. The quantitative estimate of drug-likeness (QED) is 0.591. The molecule has 0 aliphatic carbocycles. The minimum absolute atomic E-state index is 0.0273. The van der Waals surface area contributed by atoms with Crippen LogP contribution in [0.1, 0.15) is 36.8 Å². The number of nitrogens with one attached hydrogen (secondary N) is 2. The van der Waals surface area contributed by atoms with Gasteiger partial charge in [0.2, 0.25) is 15.9 Å². The molecule has 3 rings (SSSR count). The number of amides is 1. The number of hydrogen-bond acceptors (Lipinski definition) is 5. The summed E-state index contributed by atoms with van der Waals surface area (Å²) in [5, 5.41) is 2.94. The molecule has 0 saturated heterocycles. The molecule has 1 aliphatic rings. The minimum atomic E-state index is -3.61. The smallest absolute Gasteiger partial charge is 0.240 e. The molecule has 8 heteroatoms. The van der Waals surface area contributed by atoms with Crippen molar-refractivity contribution in [2.75, 3.05) is 25.1 Å². The van der Waals surface area contributed by atoms with Crippen LogP contribution in [0.4, 0.5) is 5.69 Å². The van der Waals surface area contributed by atoms with E-state index in [9.17, 15) is 13.2 Å². The second-order valence-electron chi connectivity index (χ2n) is 7.31. The van der Waals surface area contributed by atoms with Crippen LogP contribution in [-0.4, -0.2) is 34.1 Å². The average molecular weight is 433 g/mol. The molecule has 162 valence electrons. The normalized spacial score (nSPS) is 13.1. The Bertz CT molecular complexity index is 1000. The average Bonchev–Trinajstić information content (AvgIpc) is 2.73. The molecule has 7 nitrogen and oxygen atoms in total. The van der Waals surface area contributed by atoms with Crippen LogP contribution in [0.25, 0.3) is 0 Å². The molecular weight excluding hydrogens is 404 g/mol. The van der Waals surface area contributed by atoms with E-state index in [0.717, 1.165) is 23.2 Å². The lowest BCUT2D eigenvalue weighted by molar-refractivity contribution is -0.116.